The number of aliphatic hydroxyl groups excluding tert-OH is 2. The summed E-state index contributed by atoms with van der Waals surface area (Å²) >= 11 is 0. The Labute approximate surface area is 382 Å². The molecule has 18 heteroatoms. The van der Waals surface area contributed by atoms with Gasteiger partial charge in [0.25, 0.3) is 0 Å². The quantitative estimate of drug-likeness (QED) is 0.0340. The molecule has 0 saturated carbocycles. The van der Waals surface area contributed by atoms with E-state index < -0.39 is 73.4 Å². The zero-order valence-corrected chi connectivity index (χ0v) is 37.4. The molecule has 3 aromatic carbocycles. The van der Waals surface area contributed by atoms with E-state index in [0.29, 0.717) is 53.7 Å². The fourth-order valence-electron chi connectivity index (χ4n) is 8.98. The maximum Gasteiger partial charge on any atom is 0.332 e. The topological polar surface area (TPSA) is 245 Å². The predicted molar refractivity (Wildman–Crippen MR) is 232 cm³/mol. The van der Waals surface area contributed by atoms with Crippen molar-refractivity contribution in [2.75, 3.05) is 46.9 Å². The van der Waals surface area contributed by atoms with E-state index in [-0.39, 0.29) is 63.3 Å². The molecule has 3 aromatic rings. The number of carboxylic acid groups (broad SMARTS) is 1. The summed E-state index contributed by atoms with van der Waals surface area (Å²) in [5.74, 6) is 3.86. The standard InChI is InChI=1S/C48H58N2O16/c1-5-25-13-26(16-28(52)15-25)14-27-17-37-31(42-33(20-58-37)30-18-38-43(62-23-61-38)32(12-24(2)3)41(30)64-42)19-36(27)65-66-45-40(53)44(57-11-7-10-51)39-22-59-47(56)29(46(54)55)8-6-9-35(50-4)34(49)21-60-48(45)63-39/h13,15-19,24,29,33-35,39-40,42,44-45,48,50-53H,5,7,9-12,14,20-23,49H2,1-4H3,(H,54,55). The second kappa shape index (κ2) is 20.7. The average Bonchev–Trinajstić information content (AvgIpc) is 3.92. The number of nitrogens with two attached hydrogens (primary N) is 1. The Hall–Kier alpha value is -5.36. The van der Waals surface area contributed by atoms with Crippen LogP contribution in [0.4, 0.5) is 0 Å². The first-order valence-corrected chi connectivity index (χ1v) is 22.4. The summed E-state index contributed by atoms with van der Waals surface area (Å²) in [6.07, 6.45) is -5.43. The molecule has 5 aliphatic heterocycles. The molecule has 18 nitrogen and oxygen atoms in total. The van der Waals surface area contributed by atoms with Crippen molar-refractivity contribution in [1.82, 2.24) is 5.32 Å². The van der Waals surface area contributed by atoms with Crippen LogP contribution in [0.15, 0.2) is 36.4 Å². The van der Waals surface area contributed by atoms with E-state index >= 15 is 0 Å². The van der Waals surface area contributed by atoms with Crippen molar-refractivity contribution >= 4 is 11.9 Å². The minimum atomic E-state index is -1.80. The number of fused-ring (bicyclic) bond motifs is 8. The van der Waals surface area contributed by atoms with Crippen LogP contribution in [0.1, 0.15) is 79.0 Å². The van der Waals surface area contributed by atoms with E-state index in [0.717, 1.165) is 28.0 Å². The van der Waals surface area contributed by atoms with Gasteiger partial charge in [-0.2, -0.15) is 4.89 Å². The van der Waals surface area contributed by atoms with Crippen molar-refractivity contribution in [2.45, 2.75) is 108 Å². The van der Waals surface area contributed by atoms with E-state index in [4.69, 9.17) is 53.4 Å². The first-order chi connectivity index (χ1) is 31.9. The number of cyclic esters (lactones) is 1. The monoisotopic (exact) mass is 918 g/mol. The molecule has 0 spiro atoms. The molecule has 5 heterocycles. The molecule has 356 valence electrons. The molecule has 0 radical (unpaired) electrons. The number of aliphatic carboxylic acids is 1. The van der Waals surface area contributed by atoms with Crippen LogP contribution in [0.25, 0.3) is 0 Å². The molecule has 1 fully saturated rings. The van der Waals surface area contributed by atoms with Crippen LogP contribution < -0.4 is 34.9 Å². The highest BCUT2D eigenvalue weighted by molar-refractivity contribution is 5.97. The van der Waals surface area contributed by atoms with Crippen LogP contribution in [-0.4, -0.2) is 122 Å². The number of aryl methyl sites for hydroxylation is 1. The summed E-state index contributed by atoms with van der Waals surface area (Å²) in [7, 11) is 1.65. The minimum absolute atomic E-state index is 0.0349. The zero-order valence-electron chi connectivity index (χ0n) is 37.4. The molecule has 10 atom stereocenters. The van der Waals surface area contributed by atoms with Crippen molar-refractivity contribution in [3.05, 3.63) is 69.8 Å². The molecular formula is C48H58N2O16. The van der Waals surface area contributed by atoms with Crippen LogP contribution in [0.5, 0.6) is 34.5 Å². The molecule has 8 rings (SSSR count). The Kier molecular flexibility index (Phi) is 14.8. The summed E-state index contributed by atoms with van der Waals surface area (Å²) in [5.41, 5.74) is 11.5. The second-order valence-corrected chi connectivity index (χ2v) is 17.5. The van der Waals surface area contributed by atoms with Gasteiger partial charge in [0.2, 0.25) is 12.7 Å². The summed E-state index contributed by atoms with van der Waals surface area (Å²) in [5, 5.41) is 45.2. The molecule has 0 aromatic heterocycles. The summed E-state index contributed by atoms with van der Waals surface area (Å²) in [6.45, 7) is 5.76. The van der Waals surface area contributed by atoms with Crippen molar-refractivity contribution in [3.8, 4) is 46.3 Å². The average molecular weight is 919 g/mol. The highest BCUT2D eigenvalue weighted by Crippen LogP contribution is 2.57. The van der Waals surface area contributed by atoms with Crippen LogP contribution >= 0.6 is 0 Å². The number of esters is 1. The van der Waals surface area contributed by atoms with Gasteiger partial charge in [0.1, 0.15) is 48.3 Å². The van der Waals surface area contributed by atoms with Gasteiger partial charge in [-0.15, -0.1) is 5.92 Å². The smallest absolute Gasteiger partial charge is 0.332 e. The number of ether oxygens (including phenoxy) is 8. The first kappa shape index (κ1) is 47.1. The van der Waals surface area contributed by atoms with Gasteiger partial charge >= 0.3 is 11.9 Å². The van der Waals surface area contributed by atoms with Crippen molar-refractivity contribution in [3.63, 3.8) is 0 Å². The number of likely N-dealkylation sites (N-methyl/N-ethyl adjacent to an activating group) is 1. The number of benzene rings is 3. The van der Waals surface area contributed by atoms with E-state index in [1.807, 2.05) is 25.1 Å². The van der Waals surface area contributed by atoms with Crippen LogP contribution in [0.3, 0.4) is 0 Å². The number of phenolic OH excluding ortho intramolecular Hbond substituents is 1. The van der Waals surface area contributed by atoms with Crippen LogP contribution in [-0.2, 0) is 52.7 Å². The Morgan fingerprint density at radius 1 is 0.985 bits per heavy atom. The number of hydrogen-bond acceptors (Lipinski definition) is 17. The second-order valence-electron chi connectivity index (χ2n) is 17.5. The number of carbonyl (C=O) groups excluding carboxylic acids is 1. The maximum absolute atomic E-state index is 13.1. The number of carboxylic acids is 1. The van der Waals surface area contributed by atoms with E-state index in [2.05, 4.69) is 31.0 Å². The van der Waals surface area contributed by atoms with Gasteiger partial charge in [-0.25, -0.2) is 0 Å². The normalized spacial score (nSPS) is 27.8. The highest BCUT2D eigenvalue weighted by atomic mass is 17.2. The zero-order chi connectivity index (χ0) is 46.6. The number of rotatable bonds is 14. The third-order valence-electron chi connectivity index (χ3n) is 12.4. The number of hydrogen-bond donors (Lipinski definition) is 6. The van der Waals surface area contributed by atoms with Gasteiger partial charge in [0, 0.05) is 60.4 Å². The molecule has 0 amide bonds. The third-order valence-corrected chi connectivity index (χ3v) is 12.4. The van der Waals surface area contributed by atoms with Crippen molar-refractivity contribution < 1.29 is 77.7 Å². The molecule has 5 aliphatic rings. The maximum atomic E-state index is 13.1. The first-order valence-electron chi connectivity index (χ1n) is 22.4. The summed E-state index contributed by atoms with van der Waals surface area (Å²) < 4.78 is 49.2. The molecule has 7 N–H and O–H groups in total. The molecule has 10 unspecified atom stereocenters. The molecule has 0 aliphatic carbocycles. The number of phenols is 1. The lowest BCUT2D eigenvalue weighted by Gasteiger charge is -2.43. The van der Waals surface area contributed by atoms with Gasteiger partial charge < -0.3 is 74.3 Å². The summed E-state index contributed by atoms with van der Waals surface area (Å²) in [6, 6.07) is 9.74. The van der Waals surface area contributed by atoms with E-state index in [1.165, 1.54) is 0 Å². The Balaban J connectivity index is 1.14. The minimum Gasteiger partial charge on any atom is -0.508 e. The highest BCUT2D eigenvalue weighted by Gasteiger charge is 2.50. The Bertz CT molecular complexity index is 2310. The third kappa shape index (κ3) is 9.99. The number of carbonyl (C=O) groups is 2. The van der Waals surface area contributed by atoms with Crippen LogP contribution in [0, 0.1) is 23.7 Å². The fourth-order valence-corrected chi connectivity index (χ4v) is 8.98. The molecule has 1 saturated heterocycles. The Morgan fingerprint density at radius 3 is 2.56 bits per heavy atom. The lowest BCUT2D eigenvalue weighted by Crippen LogP contribution is -2.62. The molecular weight excluding hydrogens is 861 g/mol. The van der Waals surface area contributed by atoms with E-state index in [9.17, 15) is 30.0 Å². The SMILES string of the molecule is CCc1cc(O)cc(Cc2cc3c(cc2OOC2C4OCC(N)C(NC)CC#CC(C(=O)O)C(=O)OCC(O4)C(OCCCO)C2O)C2Oc4c(cc5c(c4CC(C)C)OCO5)C2CO3)c1. The number of nitrogens with one attached hydrogen (secondary N) is 1. The Morgan fingerprint density at radius 2 is 1.80 bits per heavy atom. The summed E-state index contributed by atoms with van der Waals surface area (Å²) in [4.78, 5) is 37.6. The van der Waals surface area contributed by atoms with E-state index in [1.54, 1.807) is 25.2 Å². The predicted octanol–water partition coefficient (Wildman–Crippen LogP) is 3.20. The number of aliphatic hydroxyl groups is 2. The molecule has 66 heavy (non-hydrogen) atoms. The van der Waals surface area contributed by atoms with Gasteiger partial charge in [-0.3, -0.25) is 9.59 Å². The van der Waals surface area contributed by atoms with Crippen LogP contribution in [0.2, 0.25) is 0 Å². The van der Waals surface area contributed by atoms with Crippen molar-refractivity contribution in [1.29, 1.82) is 0 Å². The van der Waals surface area contributed by atoms with Crippen molar-refractivity contribution in [2.24, 2.45) is 17.6 Å². The number of aromatic hydroxyl groups is 1. The van der Waals surface area contributed by atoms with Gasteiger partial charge in [0.05, 0.1) is 19.1 Å². The van der Waals surface area contributed by atoms with Gasteiger partial charge in [0.15, 0.2) is 29.6 Å². The lowest BCUT2D eigenvalue weighted by atomic mass is 9.86. The largest absolute Gasteiger partial charge is 0.508 e. The lowest BCUT2D eigenvalue weighted by molar-refractivity contribution is -0.376. The van der Waals surface area contributed by atoms with Gasteiger partial charge in [-0.1, -0.05) is 32.8 Å². The fraction of sp³-hybridized carbons (Fsp3) is 0.542. The molecule has 2 bridgehead atoms. The van der Waals surface area contributed by atoms with Gasteiger partial charge in [-0.05, 0) is 73.7 Å².